The van der Waals surface area contributed by atoms with Gasteiger partial charge >= 0.3 is 0 Å². The minimum absolute atomic E-state index is 0.481. The molecule has 2 aliphatic rings. The maximum Gasteiger partial charge on any atom is 0.194 e. The third-order valence-corrected chi connectivity index (χ3v) is 7.25. The number of hydrogen-bond donors (Lipinski definition) is 1. The van der Waals surface area contributed by atoms with E-state index in [1.165, 1.54) is 42.7 Å². The number of aryl methyl sites for hydroxylation is 1. The Kier molecular flexibility index (Phi) is 5.29. The van der Waals surface area contributed by atoms with Crippen LogP contribution in [-0.2, 0) is 6.54 Å². The van der Waals surface area contributed by atoms with Crippen molar-refractivity contribution in [1.82, 2.24) is 15.2 Å². The highest BCUT2D eigenvalue weighted by atomic mass is 32.2. The first-order valence-corrected chi connectivity index (χ1v) is 10.1. The lowest BCUT2D eigenvalue weighted by Gasteiger charge is -2.45. The summed E-state index contributed by atoms with van der Waals surface area (Å²) >= 11 is 3.92. The summed E-state index contributed by atoms with van der Waals surface area (Å²) < 4.78 is 0.481. The van der Waals surface area contributed by atoms with E-state index >= 15 is 0 Å². The van der Waals surface area contributed by atoms with Crippen molar-refractivity contribution in [3.63, 3.8) is 0 Å². The molecule has 2 fully saturated rings. The highest BCUT2D eigenvalue weighted by molar-refractivity contribution is 8.00. The number of thioether (sulfide) groups is 1. The van der Waals surface area contributed by atoms with Crippen LogP contribution in [0.25, 0.3) is 0 Å². The first-order valence-electron chi connectivity index (χ1n) is 8.21. The summed E-state index contributed by atoms with van der Waals surface area (Å²) in [7, 11) is 1.90. The molecule has 2 heterocycles. The minimum atomic E-state index is 0.481. The van der Waals surface area contributed by atoms with Gasteiger partial charge in [-0.15, -0.1) is 11.3 Å². The van der Waals surface area contributed by atoms with Crippen LogP contribution in [-0.4, -0.2) is 46.5 Å². The number of thiazole rings is 1. The SMILES string of the molecule is CN=C(NCc1scnc1C)N1CCSC2(CCCCC2)C1. The summed E-state index contributed by atoms with van der Waals surface area (Å²) in [5.74, 6) is 2.28. The third-order valence-electron chi connectivity index (χ3n) is 4.78. The summed E-state index contributed by atoms with van der Waals surface area (Å²) in [6, 6.07) is 0. The molecule has 1 spiro atoms. The van der Waals surface area contributed by atoms with Crippen molar-refractivity contribution in [2.75, 3.05) is 25.9 Å². The Morgan fingerprint density at radius 3 is 2.91 bits per heavy atom. The molecule has 122 valence electrons. The highest BCUT2D eigenvalue weighted by Gasteiger charge is 2.38. The zero-order valence-electron chi connectivity index (χ0n) is 13.6. The van der Waals surface area contributed by atoms with Gasteiger partial charge in [-0.2, -0.15) is 11.8 Å². The molecule has 0 atom stereocenters. The van der Waals surface area contributed by atoms with Crippen LogP contribution in [0.1, 0.15) is 42.7 Å². The van der Waals surface area contributed by atoms with Crippen LogP contribution in [0.15, 0.2) is 10.5 Å². The molecule has 1 aromatic heterocycles. The molecule has 6 heteroatoms. The Labute approximate surface area is 141 Å². The van der Waals surface area contributed by atoms with Gasteiger partial charge in [-0.1, -0.05) is 19.3 Å². The van der Waals surface area contributed by atoms with Crippen molar-refractivity contribution in [2.24, 2.45) is 4.99 Å². The lowest BCUT2D eigenvalue weighted by Crippen LogP contribution is -2.53. The van der Waals surface area contributed by atoms with E-state index in [1.807, 2.05) is 12.6 Å². The van der Waals surface area contributed by atoms with Crippen molar-refractivity contribution in [3.05, 3.63) is 16.1 Å². The lowest BCUT2D eigenvalue weighted by molar-refractivity contribution is 0.293. The van der Waals surface area contributed by atoms with E-state index in [2.05, 4.69) is 38.9 Å². The molecular weight excluding hydrogens is 312 g/mol. The van der Waals surface area contributed by atoms with E-state index in [0.717, 1.165) is 31.3 Å². The Balaban J connectivity index is 1.62. The van der Waals surface area contributed by atoms with Crippen molar-refractivity contribution in [1.29, 1.82) is 0 Å². The first kappa shape index (κ1) is 16.1. The second kappa shape index (κ2) is 7.21. The van der Waals surface area contributed by atoms with E-state index in [4.69, 9.17) is 0 Å². The van der Waals surface area contributed by atoms with Crippen LogP contribution >= 0.6 is 23.1 Å². The fraction of sp³-hybridized carbons (Fsp3) is 0.750. The van der Waals surface area contributed by atoms with Crippen molar-refractivity contribution < 1.29 is 0 Å². The summed E-state index contributed by atoms with van der Waals surface area (Å²) in [6.45, 7) is 5.16. The minimum Gasteiger partial charge on any atom is -0.351 e. The molecule has 1 saturated heterocycles. The van der Waals surface area contributed by atoms with Gasteiger partial charge in [-0.05, 0) is 19.8 Å². The van der Waals surface area contributed by atoms with Gasteiger partial charge in [0.25, 0.3) is 0 Å². The van der Waals surface area contributed by atoms with E-state index in [9.17, 15) is 0 Å². The second-order valence-corrected chi connectivity index (χ2v) is 8.78. The van der Waals surface area contributed by atoms with Crippen LogP contribution in [0.4, 0.5) is 0 Å². The molecule has 0 aromatic carbocycles. The third kappa shape index (κ3) is 3.59. The summed E-state index contributed by atoms with van der Waals surface area (Å²) in [4.78, 5) is 12.6. The average molecular weight is 339 g/mol. The Bertz CT molecular complexity index is 514. The first-order chi connectivity index (χ1) is 10.7. The van der Waals surface area contributed by atoms with Crippen LogP contribution in [0, 0.1) is 6.92 Å². The lowest BCUT2D eigenvalue weighted by atomic mass is 9.87. The molecule has 0 bridgehead atoms. The Hall–Kier alpha value is -0.750. The van der Waals surface area contributed by atoms with Gasteiger partial charge in [0.1, 0.15) is 0 Å². The van der Waals surface area contributed by atoms with Crippen LogP contribution in [0.2, 0.25) is 0 Å². The zero-order chi connectivity index (χ0) is 15.4. The maximum absolute atomic E-state index is 4.53. The number of nitrogens with zero attached hydrogens (tertiary/aromatic N) is 3. The molecule has 22 heavy (non-hydrogen) atoms. The van der Waals surface area contributed by atoms with E-state index in [1.54, 1.807) is 11.3 Å². The number of aromatic nitrogens is 1. The normalized spacial score (nSPS) is 22.1. The number of guanidine groups is 1. The van der Waals surface area contributed by atoms with Gasteiger partial charge in [-0.25, -0.2) is 4.98 Å². The number of hydrogen-bond acceptors (Lipinski definition) is 4. The molecule has 1 aliphatic carbocycles. The zero-order valence-corrected chi connectivity index (χ0v) is 15.2. The standard InChI is InChI=1S/C16H26N4S2/c1-13-14(21-12-19-13)10-18-15(17-2)20-8-9-22-16(11-20)6-4-3-5-7-16/h12H,3-11H2,1-2H3,(H,17,18). The van der Waals surface area contributed by atoms with Gasteiger partial charge in [0, 0.05) is 35.5 Å². The monoisotopic (exact) mass is 338 g/mol. The van der Waals surface area contributed by atoms with E-state index in [0.29, 0.717) is 4.75 Å². The predicted molar refractivity (Wildman–Crippen MR) is 96.9 cm³/mol. The second-order valence-electron chi connectivity index (χ2n) is 6.28. The molecule has 4 nitrogen and oxygen atoms in total. The van der Waals surface area contributed by atoms with E-state index in [-0.39, 0.29) is 0 Å². The summed E-state index contributed by atoms with van der Waals surface area (Å²) in [5, 5.41) is 3.54. The molecule has 3 rings (SSSR count). The van der Waals surface area contributed by atoms with Crippen molar-refractivity contribution in [3.8, 4) is 0 Å². The fourth-order valence-corrected chi connectivity index (χ4v) is 5.80. The fourth-order valence-electron chi connectivity index (χ4n) is 3.51. The number of rotatable bonds is 2. The average Bonchev–Trinajstić information content (AvgIpc) is 2.94. The molecule has 1 saturated carbocycles. The number of nitrogens with one attached hydrogen (secondary N) is 1. The molecule has 0 unspecified atom stereocenters. The van der Waals surface area contributed by atoms with Crippen LogP contribution in [0.3, 0.4) is 0 Å². The Morgan fingerprint density at radius 1 is 1.41 bits per heavy atom. The molecule has 1 N–H and O–H groups in total. The van der Waals surface area contributed by atoms with Crippen molar-refractivity contribution >= 4 is 29.1 Å². The van der Waals surface area contributed by atoms with Gasteiger partial charge in [0.05, 0.1) is 17.7 Å². The van der Waals surface area contributed by atoms with E-state index < -0.39 is 0 Å². The summed E-state index contributed by atoms with van der Waals surface area (Å²) in [5.41, 5.74) is 3.05. The van der Waals surface area contributed by atoms with Crippen LogP contribution in [0.5, 0.6) is 0 Å². The van der Waals surface area contributed by atoms with Gasteiger partial charge in [-0.3, -0.25) is 4.99 Å². The predicted octanol–water partition coefficient (Wildman–Crippen LogP) is 3.28. The topological polar surface area (TPSA) is 40.5 Å². The quantitative estimate of drug-likeness (QED) is 0.664. The van der Waals surface area contributed by atoms with Gasteiger partial charge in [0.15, 0.2) is 5.96 Å². The number of aliphatic imine (C=N–C) groups is 1. The van der Waals surface area contributed by atoms with Crippen molar-refractivity contribution in [2.45, 2.75) is 50.3 Å². The molecule has 1 aliphatic heterocycles. The Morgan fingerprint density at radius 2 is 2.23 bits per heavy atom. The highest BCUT2D eigenvalue weighted by Crippen LogP contribution is 2.42. The van der Waals surface area contributed by atoms with Gasteiger partial charge in [0.2, 0.25) is 0 Å². The smallest absolute Gasteiger partial charge is 0.194 e. The largest absolute Gasteiger partial charge is 0.351 e. The molecule has 0 amide bonds. The van der Waals surface area contributed by atoms with Gasteiger partial charge < -0.3 is 10.2 Å². The molecule has 0 radical (unpaired) electrons. The summed E-state index contributed by atoms with van der Waals surface area (Å²) in [6.07, 6.45) is 6.96. The van der Waals surface area contributed by atoms with Crippen LogP contribution < -0.4 is 5.32 Å². The molecular formula is C16H26N4S2. The molecule has 1 aromatic rings. The maximum atomic E-state index is 4.53.